The molecule has 5 aliphatic rings. The molecule has 32 heavy (non-hydrogen) atoms. The largest absolute Gasteiger partial charge is 0.393 e. The van der Waals surface area contributed by atoms with Gasteiger partial charge in [0.05, 0.1) is 12.2 Å². The highest BCUT2D eigenvalue weighted by Crippen LogP contribution is 2.66. The van der Waals surface area contributed by atoms with Crippen molar-refractivity contribution in [2.75, 3.05) is 0 Å². The van der Waals surface area contributed by atoms with Crippen molar-refractivity contribution in [3.63, 3.8) is 0 Å². The van der Waals surface area contributed by atoms with E-state index in [0.29, 0.717) is 16.2 Å². The van der Waals surface area contributed by atoms with E-state index >= 15 is 0 Å². The predicted octanol–water partition coefficient (Wildman–Crippen LogP) is 7.28. The summed E-state index contributed by atoms with van der Waals surface area (Å²) in [5.41, 5.74) is 2.89. The first-order chi connectivity index (χ1) is 15.1. The van der Waals surface area contributed by atoms with E-state index < -0.39 is 0 Å². The van der Waals surface area contributed by atoms with Crippen molar-refractivity contribution in [3.8, 4) is 0 Å². The minimum Gasteiger partial charge on any atom is -0.393 e. The molecule has 182 valence electrons. The second kappa shape index (κ2) is 8.40. The number of aliphatic hydroxyl groups is 2. The maximum absolute atomic E-state index is 11.1. The van der Waals surface area contributed by atoms with Crippen LogP contribution in [0.1, 0.15) is 118 Å². The molecular weight excluding hydrogens is 392 g/mol. The lowest BCUT2D eigenvalue weighted by Crippen LogP contribution is -2.50. The first-order valence-electron chi connectivity index (χ1n) is 14.2. The van der Waals surface area contributed by atoms with Gasteiger partial charge in [0.15, 0.2) is 0 Å². The van der Waals surface area contributed by atoms with E-state index in [0.717, 1.165) is 55.3 Å². The molecule has 0 amide bonds. The van der Waals surface area contributed by atoms with Gasteiger partial charge in [0.1, 0.15) is 0 Å². The van der Waals surface area contributed by atoms with Crippen molar-refractivity contribution in [2.24, 2.45) is 45.8 Å². The number of rotatable bonds is 4. The fourth-order valence-electron chi connectivity index (χ4n) is 9.64. The first kappa shape index (κ1) is 23.4. The van der Waals surface area contributed by atoms with Gasteiger partial charge in [-0.3, -0.25) is 0 Å². The fraction of sp³-hybridized carbons (Fsp3) is 0.933. The lowest BCUT2D eigenvalue weighted by molar-refractivity contribution is -0.0564. The highest BCUT2D eigenvalue weighted by molar-refractivity contribution is 5.25. The lowest BCUT2D eigenvalue weighted by Gasteiger charge is -2.58. The van der Waals surface area contributed by atoms with Gasteiger partial charge < -0.3 is 10.2 Å². The number of hydrogen-bond donors (Lipinski definition) is 2. The van der Waals surface area contributed by atoms with E-state index in [4.69, 9.17) is 0 Å². The Labute approximate surface area is 197 Å². The molecule has 0 aromatic heterocycles. The zero-order valence-corrected chi connectivity index (χ0v) is 21.4. The molecule has 0 aromatic rings. The monoisotopic (exact) mass is 442 g/mol. The summed E-state index contributed by atoms with van der Waals surface area (Å²) in [5.74, 6) is 3.97. The van der Waals surface area contributed by atoms with E-state index in [-0.39, 0.29) is 12.2 Å². The first-order valence-corrected chi connectivity index (χ1v) is 14.2. The molecular formula is C30H50O2. The summed E-state index contributed by atoms with van der Waals surface area (Å²) >= 11 is 0. The average Bonchev–Trinajstić information content (AvgIpc) is 3.06. The molecule has 4 fully saturated rings. The summed E-state index contributed by atoms with van der Waals surface area (Å²) in [5, 5.41) is 21.4. The van der Waals surface area contributed by atoms with Gasteiger partial charge in [-0.05, 0) is 136 Å². The highest BCUT2D eigenvalue weighted by atomic mass is 16.3. The van der Waals surface area contributed by atoms with Crippen LogP contribution in [0.2, 0.25) is 0 Å². The summed E-state index contributed by atoms with van der Waals surface area (Å²) in [7, 11) is 0. The van der Waals surface area contributed by atoms with Crippen LogP contribution < -0.4 is 0 Å². The molecule has 2 heteroatoms. The molecule has 0 aliphatic heterocycles. The van der Waals surface area contributed by atoms with Crippen molar-refractivity contribution in [1.82, 2.24) is 0 Å². The maximum atomic E-state index is 11.1. The van der Waals surface area contributed by atoms with Crippen LogP contribution in [0.15, 0.2) is 11.6 Å². The smallest absolute Gasteiger partial charge is 0.0577 e. The summed E-state index contributed by atoms with van der Waals surface area (Å²) in [6, 6.07) is 0. The number of aliphatic hydroxyl groups excluding tert-OH is 2. The van der Waals surface area contributed by atoms with Crippen molar-refractivity contribution in [1.29, 1.82) is 0 Å². The lowest BCUT2D eigenvalue weighted by atomic mass is 9.47. The van der Waals surface area contributed by atoms with Gasteiger partial charge in [-0.1, -0.05) is 39.3 Å². The van der Waals surface area contributed by atoms with Crippen LogP contribution >= 0.6 is 0 Å². The van der Waals surface area contributed by atoms with E-state index in [1.54, 1.807) is 5.57 Å². The average molecular weight is 443 g/mol. The Morgan fingerprint density at radius 2 is 1.62 bits per heavy atom. The Morgan fingerprint density at radius 1 is 0.875 bits per heavy atom. The van der Waals surface area contributed by atoms with Crippen molar-refractivity contribution >= 4 is 0 Å². The molecule has 2 N–H and O–H groups in total. The molecule has 0 aromatic carbocycles. The molecule has 8 atom stereocenters. The molecule has 4 saturated carbocycles. The third-order valence-corrected chi connectivity index (χ3v) is 11.9. The van der Waals surface area contributed by atoms with Gasteiger partial charge in [-0.2, -0.15) is 0 Å². The number of hydrogen-bond acceptors (Lipinski definition) is 2. The standard InChI is InChI=1S/C30H50O2/c1-28(2)13-9-20(10-14-28)17-24(32)19-22-6-8-26-25-7-5-21-18-23(31)11-15-29(21,3)27(25)12-16-30(22,26)4/h5,20,22-27,31-32H,6-19H2,1-4H3/t22?,23?,24?,25-,26?,27?,29?,30?/m0/s1. The quantitative estimate of drug-likeness (QED) is 0.449. The molecule has 0 heterocycles. The van der Waals surface area contributed by atoms with Gasteiger partial charge >= 0.3 is 0 Å². The molecule has 5 aliphatic carbocycles. The minimum atomic E-state index is -0.104. The van der Waals surface area contributed by atoms with E-state index in [1.807, 2.05) is 0 Å². The van der Waals surface area contributed by atoms with E-state index in [2.05, 4.69) is 33.8 Å². The third-order valence-electron chi connectivity index (χ3n) is 11.9. The van der Waals surface area contributed by atoms with E-state index in [9.17, 15) is 10.2 Å². The van der Waals surface area contributed by atoms with E-state index in [1.165, 1.54) is 64.2 Å². The number of fused-ring (bicyclic) bond motifs is 5. The topological polar surface area (TPSA) is 40.5 Å². The van der Waals surface area contributed by atoms with Gasteiger partial charge in [0, 0.05) is 0 Å². The molecule has 5 rings (SSSR count). The molecule has 2 nitrogen and oxygen atoms in total. The van der Waals surface area contributed by atoms with Gasteiger partial charge in [0.2, 0.25) is 0 Å². The Hall–Kier alpha value is -0.340. The summed E-state index contributed by atoms with van der Waals surface area (Å²) in [6.07, 6.45) is 19.6. The molecule has 0 radical (unpaired) electrons. The zero-order valence-electron chi connectivity index (χ0n) is 21.4. The summed E-state index contributed by atoms with van der Waals surface area (Å²) in [6.45, 7) is 9.96. The van der Waals surface area contributed by atoms with Crippen molar-refractivity contribution < 1.29 is 10.2 Å². The second-order valence-electron chi connectivity index (χ2n) is 14.2. The SMILES string of the molecule is CC1(C)CCC(CC(O)CC2CCC3[C@@H]4CC=C5CC(O)CCC5(C)C4CCC23C)CC1. The van der Waals surface area contributed by atoms with Gasteiger partial charge in [-0.15, -0.1) is 0 Å². The Kier molecular flexibility index (Phi) is 6.14. The third kappa shape index (κ3) is 4.04. The van der Waals surface area contributed by atoms with Crippen LogP contribution in [0.4, 0.5) is 0 Å². The van der Waals surface area contributed by atoms with Crippen molar-refractivity contribution in [3.05, 3.63) is 11.6 Å². The molecule has 7 unspecified atom stereocenters. The molecule has 0 bridgehead atoms. The zero-order chi connectivity index (χ0) is 22.7. The van der Waals surface area contributed by atoms with Gasteiger partial charge in [0.25, 0.3) is 0 Å². The van der Waals surface area contributed by atoms with Crippen LogP contribution in [0.3, 0.4) is 0 Å². The fourth-order valence-corrected chi connectivity index (χ4v) is 9.64. The Balaban J connectivity index is 1.23. The normalized spacial score (nSPS) is 47.2. The Bertz CT molecular complexity index is 714. The Morgan fingerprint density at radius 3 is 2.38 bits per heavy atom. The second-order valence-corrected chi connectivity index (χ2v) is 14.2. The number of allylic oxidation sites excluding steroid dienone is 1. The van der Waals surface area contributed by atoms with Crippen molar-refractivity contribution in [2.45, 2.75) is 130 Å². The van der Waals surface area contributed by atoms with Crippen LogP contribution in [0.25, 0.3) is 0 Å². The molecule has 0 spiro atoms. The van der Waals surface area contributed by atoms with Crippen LogP contribution in [-0.2, 0) is 0 Å². The van der Waals surface area contributed by atoms with Gasteiger partial charge in [-0.25, -0.2) is 0 Å². The van der Waals surface area contributed by atoms with Crippen LogP contribution in [0.5, 0.6) is 0 Å². The maximum Gasteiger partial charge on any atom is 0.0577 e. The van der Waals surface area contributed by atoms with Crippen LogP contribution in [-0.4, -0.2) is 22.4 Å². The highest BCUT2D eigenvalue weighted by Gasteiger charge is 2.58. The summed E-state index contributed by atoms with van der Waals surface area (Å²) in [4.78, 5) is 0. The predicted molar refractivity (Wildman–Crippen MR) is 132 cm³/mol. The molecule has 0 saturated heterocycles. The van der Waals surface area contributed by atoms with Crippen LogP contribution in [0, 0.1) is 45.8 Å². The summed E-state index contributed by atoms with van der Waals surface area (Å²) < 4.78 is 0. The minimum absolute atomic E-state index is 0.0882.